The molecule has 0 aliphatic heterocycles. The van der Waals surface area contributed by atoms with Crippen LogP contribution in [0.5, 0.6) is 23.0 Å². The SMILES string of the molecule is COc1ccc(OCC(=O)N/N=C(/C)c2ccc(OC(F)F)c(OC)c2)cc1. The summed E-state index contributed by atoms with van der Waals surface area (Å²) in [5, 5.41) is 3.97. The average Bonchev–Trinajstić information content (AvgIpc) is 2.70. The van der Waals surface area contributed by atoms with Crippen molar-refractivity contribution in [3.63, 3.8) is 0 Å². The van der Waals surface area contributed by atoms with Gasteiger partial charge in [0.2, 0.25) is 0 Å². The fourth-order valence-corrected chi connectivity index (χ4v) is 2.15. The second kappa shape index (κ2) is 10.1. The van der Waals surface area contributed by atoms with E-state index in [4.69, 9.17) is 14.2 Å². The highest BCUT2D eigenvalue weighted by Crippen LogP contribution is 2.29. The van der Waals surface area contributed by atoms with Gasteiger partial charge in [-0.25, -0.2) is 5.43 Å². The van der Waals surface area contributed by atoms with Gasteiger partial charge in [0, 0.05) is 5.56 Å². The second-order valence-electron chi connectivity index (χ2n) is 5.44. The van der Waals surface area contributed by atoms with Gasteiger partial charge in [-0.15, -0.1) is 0 Å². The van der Waals surface area contributed by atoms with Crippen LogP contribution in [-0.4, -0.2) is 39.1 Å². The Hall–Kier alpha value is -3.36. The highest BCUT2D eigenvalue weighted by Gasteiger charge is 2.12. The Bertz CT molecular complexity index is 826. The van der Waals surface area contributed by atoms with Gasteiger partial charge in [-0.2, -0.15) is 13.9 Å². The van der Waals surface area contributed by atoms with E-state index in [9.17, 15) is 13.6 Å². The van der Waals surface area contributed by atoms with Crippen molar-refractivity contribution in [2.45, 2.75) is 13.5 Å². The number of nitrogens with one attached hydrogen (secondary N) is 1. The molecular weight excluding hydrogens is 374 g/mol. The molecule has 1 N–H and O–H groups in total. The third kappa shape index (κ3) is 6.11. The molecule has 0 heterocycles. The fourth-order valence-electron chi connectivity index (χ4n) is 2.15. The van der Waals surface area contributed by atoms with Crippen LogP contribution in [0.25, 0.3) is 0 Å². The maximum Gasteiger partial charge on any atom is 0.387 e. The molecular formula is C19H20F2N2O5. The van der Waals surface area contributed by atoms with Gasteiger partial charge in [0.05, 0.1) is 19.9 Å². The summed E-state index contributed by atoms with van der Waals surface area (Å²) in [6, 6.07) is 11.1. The van der Waals surface area contributed by atoms with Crippen molar-refractivity contribution in [3.05, 3.63) is 48.0 Å². The van der Waals surface area contributed by atoms with Crippen LogP contribution >= 0.6 is 0 Å². The molecule has 7 nitrogen and oxygen atoms in total. The first-order valence-electron chi connectivity index (χ1n) is 8.16. The first kappa shape index (κ1) is 20.9. The maximum absolute atomic E-state index is 12.4. The lowest BCUT2D eigenvalue weighted by Crippen LogP contribution is -2.25. The summed E-state index contributed by atoms with van der Waals surface area (Å²) in [6.07, 6.45) is 0. The number of rotatable bonds is 9. The van der Waals surface area contributed by atoms with Crippen LogP contribution < -0.4 is 24.4 Å². The van der Waals surface area contributed by atoms with Crippen molar-refractivity contribution < 1.29 is 32.5 Å². The summed E-state index contributed by atoms with van der Waals surface area (Å²) in [4.78, 5) is 11.9. The molecule has 150 valence electrons. The monoisotopic (exact) mass is 394 g/mol. The number of benzene rings is 2. The minimum Gasteiger partial charge on any atom is -0.497 e. The number of carbonyl (C=O) groups is 1. The number of amides is 1. The predicted octanol–water partition coefficient (Wildman–Crippen LogP) is 3.22. The zero-order valence-electron chi connectivity index (χ0n) is 15.6. The molecule has 0 bridgehead atoms. The zero-order valence-corrected chi connectivity index (χ0v) is 15.6. The van der Waals surface area contributed by atoms with Crippen molar-refractivity contribution >= 4 is 11.6 Å². The number of hydrazone groups is 1. The lowest BCUT2D eigenvalue weighted by atomic mass is 10.1. The largest absolute Gasteiger partial charge is 0.497 e. The van der Waals surface area contributed by atoms with Crippen LogP contribution in [-0.2, 0) is 4.79 Å². The van der Waals surface area contributed by atoms with E-state index in [1.54, 1.807) is 38.3 Å². The summed E-state index contributed by atoms with van der Waals surface area (Å²) in [5.74, 6) is 0.765. The van der Waals surface area contributed by atoms with E-state index in [-0.39, 0.29) is 18.1 Å². The Morgan fingerprint density at radius 1 is 1.04 bits per heavy atom. The van der Waals surface area contributed by atoms with E-state index < -0.39 is 12.5 Å². The lowest BCUT2D eigenvalue weighted by Gasteiger charge is -2.11. The summed E-state index contributed by atoms with van der Waals surface area (Å²) in [6.45, 7) is -1.54. The van der Waals surface area contributed by atoms with E-state index in [0.29, 0.717) is 22.8 Å². The Morgan fingerprint density at radius 2 is 1.71 bits per heavy atom. The highest BCUT2D eigenvalue weighted by atomic mass is 19.3. The Labute approximate surface area is 160 Å². The molecule has 0 saturated heterocycles. The topological polar surface area (TPSA) is 78.4 Å². The van der Waals surface area contributed by atoms with Crippen molar-refractivity contribution in [2.24, 2.45) is 5.10 Å². The first-order valence-corrected chi connectivity index (χ1v) is 8.16. The minimum atomic E-state index is -2.96. The third-order valence-electron chi connectivity index (χ3n) is 3.58. The molecule has 28 heavy (non-hydrogen) atoms. The molecule has 0 unspecified atom stereocenters. The number of ether oxygens (including phenoxy) is 4. The number of carbonyl (C=O) groups excluding carboxylic acids is 1. The first-order chi connectivity index (χ1) is 13.4. The zero-order chi connectivity index (χ0) is 20.5. The van der Waals surface area contributed by atoms with E-state index in [1.165, 1.54) is 25.3 Å². The van der Waals surface area contributed by atoms with Crippen LogP contribution in [0, 0.1) is 0 Å². The molecule has 0 saturated carbocycles. The van der Waals surface area contributed by atoms with Gasteiger partial charge in [0.1, 0.15) is 11.5 Å². The summed E-state index contributed by atoms with van der Waals surface area (Å²) in [7, 11) is 2.89. The summed E-state index contributed by atoms with van der Waals surface area (Å²) < 4.78 is 44.5. The van der Waals surface area contributed by atoms with Crippen molar-refractivity contribution in [1.82, 2.24) is 5.43 Å². The van der Waals surface area contributed by atoms with Gasteiger partial charge in [-0.3, -0.25) is 4.79 Å². The van der Waals surface area contributed by atoms with Gasteiger partial charge in [0.25, 0.3) is 5.91 Å². The Balaban J connectivity index is 1.94. The lowest BCUT2D eigenvalue weighted by molar-refractivity contribution is -0.123. The fraction of sp³-hybridized carbons (Fsp3) is 0.263. The molecule has 2 aromatic rings. The number of halogens is 2. The van der Waals surface area contributed by atoms with Gasteiger partial charge in [-0.1, -0.05) is 0 Å². The van der Waals surface area contributed by atoms with Crippen LogP contribution in [0.1, 0.15) is 12.5 Å². The highest BCUT2D eigenvalue weighted by molar-refractivity contribution is 5.99. The molecule has 2 aromatic carbocycles. The van der Waals surface area contributed by atoms with Crippen LogP contribution in [0.3, 0.4) is 0 Å². The Kier molecular flexibility index (Phi) is 7.55. The van der Waals surface area contributed by atoms with Gasteiger partial charge in [-0.05, 0) is 49.4 Å². The van der Waals surface area contributed by atoms with Gasteiger partial charge < -0.3 is 18.9 Å². The molecule has 0 fully saturated rings. The van der Waals surface area contributed by atoms with Crippen molar-refractivity contribution in [1.29, 1.82) is 0 Å². The number of methoxy groups -OCH3 is 2. The number of alkyl halides is 2. The minimum absolute atomic E-state index is 0.0917. The average molecular weight is 394 g/mol. The van der Waals surface area contributed by atoms with E-state index in [2.05, 4.69) is 15.3 Å². The molecule has 0 aromatic heterocycles. The van der Waals surface area contributed by atoms with Gasteiger partial charge >= 0.3 is 6.61 Å². The third-order valence-corrected chi connectivity index (χ3v) is 3.58. The molecule has 0 radical (unpaired) electrons. The molecule has 9 heteroatoms. The van der Waals surface area contributed by atoms with Crippen LogP contribution in [0.4, 0.5) is 8.78 Å². The molecule has 0 atom stereocenters. The van der Waals surface area contributed by atoms with Crippen molar-refractivity contribution in [3.8, 4) is 23.0 Å². The van der Waals surface area contributed by atoms with E-state index in [0.717, 1.165) is 0 Å². The molecule has 0 aliphatic carbocycles. The maximum atomic E-state index is 12.4. The Morgan fingerprint density at radius 3 is 2.32 bits per heavy atom. The molecule has 0 aliphatic rings. The van der Waals surface area contributed by atoms with E-state index in [1.807, 2.05) is 0 Å². The molecule has 1 amide bonds. The van der Waals surface area contributed by atoms with Gasteiger partial charge in [0.15, 0.2) is 18.1 Å². The second-order valence-corrected chi connectivity index (χ2v) is 5.44. The smallest absolute Gasteiger partial charge is 0.387 e. The van der Waals surface area contributed by atoms with Crippen LogP contribution in [0.2, 0.25) is 0 Å². The van der Waals surface area contributed by atoms with Crippen LogP contribution in [0.15, 0.2) is 47.6 Å². The number of hydrogen-bond acceptors (Lipinski definition) is 6. The normalized spacial score (nSPS) is 11.1. The van der Waals surface area contributed by atoms with E-state index >= 15 is 0 Å². The summed E-state index contributed by atoms with van der Waals surface area (Å²) >= 11 is 0. The summed E-state index contributed by atoms with van der Waals surface area (Å²) in [5.41, 5.74) is 3.37. The molecule has 2 rings (SSSR count). The standard InChI is InChI=1S/C19H20F2N2O5/c1-12(13-4-9-16(28-19(20)21)17(10-13)26-3)22-23-18(24)11-27-15-7-5-14(25-2)6-8-15/h4-10,19H,11H2,1-3H3,(H,23,24)/b22-12-. The quantitative estimate of drug-likeness (QED) is 0.522. The molecule has 0 spiro atoms. The number of hydrogen-bond donors (Lipinski definition) is 1. The number of nitrogens with zero attached hydrogens (tertiary/aromatic N) is 1. The predicted molar refractivity (Wildman–Crippen MR) is 98.5 cm³/mol. The van der Waals surface area contributed by atoms with Crippen molar-refractivity contribution in [2.75, 3.05) is 20.8 Å².